The Balaban J connectivity index is 0.00000450. The number of methoxy groups -OCH3 is 1. The van der Waals surface area contributed by atoms with Gasteiger partial charge in [0.2, 0.25) is 5.91 Å². The molecule has 1 unspecified atom stereocenters. The molecule has 0 radical (unpaired) electrons. The van der Waals surface area contributed by atoms with E-state index in [1.54, 1.807) is 12.0 Å². The summed E-state index contributed by atoms with van der Waals surface area (Å²) in [5.41, 5.74) is -0.367. The number of nitrogens with one attached hydrogen (secondary N) is 2. The van der Waals surface area contributed by atoms with Crippen LogP contribution >= 0.6 is 24.0 Å². The highest BCUT2D eigenvalue weighted by molar-refractivity contribution is 14.0. The Morgan fingerprint density at radius 2 is 1.90 bits per heavy atom. The van der Waals surface area contributed by atoms with Crippen LogP contribution in [0.25, 0.3) is 0 Å². The molecule has 0 saturated heterocycles. The molecular weight excluding hydrogens is 495 g/mol. The van der Waals surface area contributed by atoms with Gasteiger partial charge in [0.25, 0.3) is 0 Å². The SMILES string of the molecule is CCNC(=NCC1(C(=O)N(C)C)CCCC1)NCC(C)Oc1cccc(OC)c1.I. The van der Waals surface area contributed by atoms with Crippen molar-refractivity contribution in [1.82, 2.24) is 15.5 Å². The van der Waals surface area contributed by atoms with Crippen LogP contribution in [0.3, 0.4) is 0 Å². The van der Waals surface area contributed by atoms with Gasteiger partial charge in [-0.1, -0.05) is 18.9 Å². The summed E-state index contributed by atoms with van der Waals surface area (Å²) < 4.78 is 11.2. The minimum Gasteiger partial charge on any atom is -0.497 e. The van der Waals surface area contributed by atoms with Crippen LogP contribution in [0, 0.1) is 5.41 Å². The zero-order chi connectivity index (χ0) is 21.3. The van der Waals surface area contributed by atoms with Gasteiger partial charge in [-0.2, -0.15) is 0 Å². The first-order chi connectivity index (χ1) is 13.9. The number of amides is 1. The zero-order valence-electron chi connectivity index (χ0n) is 18.9. The Bertz CT molecular complexity index is 691. The molecule has 1 aliphatic rings. The second kappa shape index (κ2) is 12.9. The van der Waals surface area contributed by atoms with Crippen molar-refractivity contribution in [3.05, 3.63) is 24.3 Å². The molecule has 1 aliphatic carbocycles. The van der Waals surface area contributed by atoms with E-state index < -0.39 is 0 Å². The maximum absolute atomic E-state index is 12.7. The van der Waals surface area contributed by atoms with Gasteiger partial charge in [0, 0.05) is 26.7 Å². The summed E-state index contributed by atoms with van der Waals surface area (Å²) in [6.07, 6.45) is 3.93. The first kappa shape index (κ1) is 26.3. The molecule has 2 N–H and O–H groups in total. The molecule has 1 saturated carbocycles. The van der Waals surface area contributed by atoms with Gasteiger partial charge in [0.05, 0.1) is 25.6 Å². The molecule has 0 aliphatic heterocycles. The van der Waals surface area contributed by atoms with E-state index in [2.05, 4.69) is 10.6 Å². The standard InChI is InChI=1S/C22H36N4O3.HI/c1-6-23-21(25-16-22(12-7-8-13-22)20(27)26(3)4)24-15-17(2)29-19-11-9-10-18(14-19)28-5;/h9-11,14,17H,6-8,12-13,15-16H2,1-5H3,(H2,23,24,25);1H. The van der Waals surface area contributed by atoms with Gasteiger partial charge < -0.3 is 25.0 Å². The van der Waals surface area contributed by atoms with Gasteiger partial charge in [0.15, 0.2) is 5.96 Å². The van der Waals surface area contributed by atoms with Crippen molar-refractivity contribution in [3.8, 4) is 11.5 Å². The van der Waals surface area contributed by atoms with Crippen molar-refractivity contribution >= 4 is 35.8 Å². The molecular formula is C22H37IN4O3. The van der Waals surface area contributed by atoms with Gasteiger partial charge in [-0.15, -0.1) is 24.0 Å². The first-order valence-corrected chi connectivity index (χ1v) is 10.4. The number of guanidine groups is 1. The van der Waals surface area contributed by atoms with Crippen LogP contribution in [0.1, 0.15) is 39.5 Å². The molecule has 30 heavy (non-hydrogen) atoms. The van der Waals surface area contributed by atoms with E-state index in [1.807, 2.05) is 52.2 Å². The average Bonchev–Trinajstić information content (AvgIpc) is 3.19. The molecule has 8 heteroatoms. The number of halogens is 1. The summed E-state index contributed by atoms with van der Waals surface area (Å²) in [5.74, 6) is 2.43. The van der Waals surface area contributed by atoms with E-state index in [4.69, 9.17) is 14.5 Å². The fourth-order valence-electron chi connectivity index (χ4n) is 3.73. The van der Waals surface area contributed by atoms with Gasteiger partial charge in [-0.25, -0.2) is 0 Å². The Hall–Kier alpha value is -1.71. The third-order valence-electron chi connectivity index (χ3n) is 5.24. The highest BCUT2D eigenvalue weighted by atomic mass is 127. The number of carbonyl (C=O) groups is 1. The molecule has 1 aromatic rings. The molecule has 1 aromatic carbocycles. The van der Waals surface area contributed by atoms with Gasteiger partial charge in [-0.3, -0.25) is 9.79 Å². The molecule has 0 heterocycles. The van der Waals surface area contributed by atoms with Crippen molar-refractivity contribution < 1.29 is 14.3 Å². The molecule has 1 amide bonds. The molecule has 1 fully saturated rings. The van der Waals surface area contributed by atoms with Gasteiger partial charge in [0.1, 0.15) is 17.6 Å². The first-order valence-electron chi connectivity index (χ1n) is 10.4. The predicted octanol–water partition coefficient (Wildman–Crippen LogP) is 3.28. The Morgan fingerprint density at radius 3 is 2.50 bits per heavy atom. The van der Waals surface area contributed by atoms with E-state index >= 15 is 0 Å². The lowest BCUT2D eigenvalue weighted by atomic mass is 9.85. The van der Waals surface area contributed by atoms with Crippen molar-refractivity contribution in [2.75, 3.05) is 40.8 Å². The van der Waals surface area contributed by atoms with Crippen LogP contribution in [0.4, 0.5) is 0 Å². The predicted molar refractivity (Wildman–Crippen MR) is 132 cm³/mol. The lowest BCUT2D eigenvalue weighted by Gasteiger charge is -2.29. The van der Waals surface area contributed by atoms with E-state index in [9.17, 15) is 4.79 Å². The lowest BCUT2D eigenvalue weighted by molar-refractivity contribution is -0.138. The maximum Gasteiger partial charge on any atom is 0.230 e. The quantitative estimate of drug-likeness (QED) is 0.290. The normalized spacial score (nSPS) is 16.2. The lowest BCUT2D eigenvalue weighted by Crippen LogP contribution is -2.44. The Labute approximate surface area is 198 Å². The number of nitrogens with zero attached hydrogens (tertiary/aromatic N) is 2. The summed E-state index contributed by atoms with van der Waals surface area (Å²) in [7, 11) is 5.29. The molecule has 2 rings (SSSR count). The minimum atomic E-state index is -0.367. The number of hydrogen-bond acceptors (Lipinski definition) is 4. The second-order valence-corrected chi connectivity index (χ2v) is 7.87. The summed E-state index contributed by atoms with van der Waals surface area (Å²) >= 11 is 0. The number of carbonyl (C=O) groups excluding carboxylic acids is 1. The van der Waals surface area contributed by atoms with Crippen molar-refractivity contribution in [2.24, 2.45) is 10.4 Å². The van der Waals surface area contributed by atoms with Crippen molar-refractivity contribution in [2.45, 2.75) is 45.6 Å². The number of ether oxygens (including phenoxy) is 2. The fourth-order valence-corrected chi connectivity index (χ4v) is 3.73. The monoisotopic (exact) mass is 532 g/mol. The van der Waals surface area contributed by atoms with Crippen molar-refractivity contribution in [1.29, 1.82) is 0 Å². The number of aliphatic imine (C=N–C) groups is 1. The third-order valence-corrected chi connectivity index (χ3v) is 5.24. The second-order valence-electron chi connectivity index (χ2n) is 7.87. The molecule has 7 nitrogen and oxygen atoms in total. The maximum atomic E-state index is 12.7. The number of rotatable bonds is 9. The van der Waals surface area contributed by atoms with Crippen molar-refractivity contribution in [3.63, 3.8) is 0 Å². The summed E-state index contributed by atoms with van der Waals surface area (Å²) in [5, 5.41) is 6.60. The molecule has 0 bridgehead atoms. The highest BCUT2D eigenvalue weighted by Crippen LogP contribution is 2.39. The highest BCUT2D eigenvalue weighted by Gasteiger charge is 2.42. The molecule has 1 atom stereocenters. The molecule has 170 valence electrons. The van der Waals surface area contributed by atoms with E-state index in [-0.39, 0.29) is 41.4 Å². The van der Waals surface area contributed by atoms with Crippen LogP contribution in [0.15, 0.2) is 29.3 Å². The smallest absolute Gasteiger partial charge is 0.230 e. The van der Waals surface area contributed by atoms with Crippen LogP contribution in [0.2, 0.25) is 0 Å². The van der Waals surface area contributed by atoms with Crippen LogP contribution < -0.4 is 20.1 Å². The Kier molecular flexibility index (Phi) is 11.3. The van der Waals surface area contributed by atoms with E-state index in [1.165, 1.54) is 0 Å². The summed E-state index contributed by atoms with van der Waals surface area (Å²) in [4.78, 5) is 19.2. The summed E-state index contributed by atoms with van der Waals surface area (Å²) in [6.45, 7) is 5.89. The Morgan fingerprint density at radius 1 is 1.23 bits per heavy atom. The molecule has 0 spiro atoms. The topological polar surface area (TPSA) is 75.2 Å². The number of hydrogen-bond donors (Lipinski definition) is 2. The van der Waals surface area contributed by atoms with Gasteiger partial charge in [-0.05, 0) is 38.8 Å². The molecule has 0 aromatic heterocycles. The third kappa shape index (κ3) is 7.52. The van der Waals surface area contributed by atoms with Crippen LogP contribution in [-0.4, -0.2) is 63.7 Å². The fraction of sp³-hybridized carbons (Fsp3) is 0.636. The van der Waals surface area contributed by atoms with Gasteiger partial charge >= 0.3 is 0 Å². The van der Waals surface area contributed by atoms with E-state index in [0.717, 1.165) is 43.7 Å². The summed E-state index contributed by atoms with van der Waals surface area (Å²) in [6, 6.07) is 7.57. The van der Waals surface area contributed by atoms with E-state index in [0.29, 0.717) is 19.0 Å². The minimum absolute atomic E-state index is 0. The average molecular weight is 532 g/mol. The zero-order valence-corrected chi connectivity index (χ0v) is 21.2. The largest absolute Gasteiger partial charge is 0.497 e. The van der Waals surface area contributed by atoms with Crippen LogP contribution in [0.5, 0.6) is 11.5 Å². The van der Waals surface area contributed by atoms with Crippen LogP contribution in [-0.2, 0) is 4.79 Å². The number of benzene rings is 1.